The van der Waals surface area contributed by atoms with E-state index in [1.54, 1.807) is 20.8 Å². The van der Waals surface area contributed by atoms with E-state index >= 15 is 0 Å². The fourth-order valence-electron chi connectivity index (χ4n) is 3.30. The average molecular weight is 416 g/mol. The number of piperidine rings is 1. The molecule has 0 N–H and O–H groups in total. The number of hydrogen-bond donors (Lipinski definition) is 0. The number of hydrogen-bond acceptors (Lipinski definition) is 4. The molecule has 1 aliphatic rings. The maximum atomic E-state index is 13.3. The molecule has 1 unspecified atom stereocenters. The van der Waals surface area contributed by atoms with Gasteiger partial charge in [0.05, 0.1) is 18.0 Å². The van der Waals surface area contributed by atoms with Crippen LogP contribution in [0.5, 0.6) is 0 Å². The van der Waals surface area contributed by atoms with Crippen LogP contribution in [0.25, 0.3) is 0 Å². The van der Waals surface area contributed by atoms with Crippen LogP contribution in [0.3, 0.4) is 0 Å². The summed E-state index contributed by atoms with van der Waals surface area (Å²) >= 11 is 0. The van der Waals surface area contributed by atoms with Gasteiger partial charge in [-0.3, -0.25) is 4.65 Å². The minimum atomic E-state index is -4.60. The molecule has 1 fully saturated rings. The lowest BCUT2D eigenvalue weighted by atomic mass is 9.94. The second-order valence-electron chi connectivity index (χ2n) is 8.18. The number of benzene rings is 1. The van der Waals surface area contributed by atoms with Crippen LogP contribution in [-0.4, -0.2) is 42.1 Å². The second kappa shape index (κ2) is 8.31. The number of amides is 2. The van der Waals surface area contributed by atoms with Gasteiger partial charge in [-0.1, -0.05) is 6.07 Å². The van der Waals surface area contributed by atoms with Gasteiger partial charge in [0, 0.05) is 19.2 Å². The number of ether oxygens (including phenoxy) is 1. The normalized spacial score (nSPS) is 18.3. The monoisotopic (exact) mass is 416 g/mol. The lowest BCUT2D eigenvalue weighted by molar-refractivity contribution is -0.138. The molecule has 1 heterocycles. The van der Waals surface area contributed by atoms with Crippen molar-refractivity contribution in [3.8, 4) is 0 Å². The molecule has 6 nitrogen and oxygen atoms in total. The summed E-state index contributed by atoms with van der Waals surface area (Å²) in [7, 11) is 0. The molecule has 0 saturated carbocycles. The molecule has 1 aromatic carbocycles. The van der Waals surface area contributed by atoms with Crippen molar-refractivity contribution in [2.75, 3.05) is 19.6 Å². The van der Waals surface area contributed by atoms with E-state index in [1.165, 1.54) is 17.9 Å². The standard InChI is InChI=1S/C20H27F3N2O4/c1-5-25(28,16-8-6-7-15(13-16)20(21,22)23)17(26)14-9-11-24(12-10-14)18(27)29-19(2,3)4/h6-8,13-14H,5,9-12H2,1-4H3. The number of carbonyl (C=O) groups excluding carboxylic acids is 2. The van der Waals surface area contributed by atoms with Crippen molar-refractivity contribution in [2.45, 2.75) is 52.3 Å². The minimum absolute atomic E-state index is 0.216. The van der Waals surface area contributed by atoms with Crippen molar-refractivity contribution >= 4 is 17.7 Å². The van der Waals surface area contributed by atoms with E-state index in [0.717, 1.165) is 18.2 Å². The number of quaternary nitrogens is 1. The molecule has 0 spiro atoms. The fourth-order valence-corrected chi connectivity index (χ4v) is 3.30. The summed E-state index contributed by atoms with van der Waals surface area (Å²) in [6.45, 7) is 7.00. The molecule has 0 aliphatic carbocycles. The quantitative estimate of drug-likeness (QED) is 0.529. The third-order valence-electron chi connectivity index (χ3n) is 4.89. The molecule has 0 bridgehead atoms. The van der Waals surface area contributed by atoms with Crippen molar-refractivity contribution in [1.29, 1.82) is 0 Å². The number of nitrogens with zero attached hydrogens (tertiary/aromatic N) is 2. The van der Waals surface area contributed by atoms with Crippen LogP contribution < -0.4 is 4.65 Å². The highest BCUT2D eigenvalue weighted by atomic mass is 19.4. The summed E-state index contributed by atoms with van der Waals surface area (Å²) in [4.78, 5) is 26.6. The molecule has 29 heavy (non-hydrogen) atoms. The Morgan fingerprint density at radius 3 is 2.28 bits per heavy atom. The van der Waals surface area contributed by atoms with Gasteiger partial charge in [-0.05, 0) is 52.7 Å². The third kappa shape index (κ3) is 5.48. The van der Waals surface area contributed by atoms with Gasteiger partial charge in [0.2, 0.25) is 0 Å². The maximum absolute atomic E-state index is 13.3. The number of likely N-dealkylation sites (tertiary alicyclic amines) is 1. The molecule has 0 radical (unpaired) electrons. The largest absolute Gasteiger partial charge is 0.620 e. The van der Waals surface area contributed by atoms with Crippen LogP contribution in [0.4, 0.5) is 23.7 Å². The zero-order valence-corrected chi connectivity index (χ0v) is 17.1. The average Bonchev–Trinajstić information content (AvgIpc) is 2.65. The van der Waals surface area contributed by atoms with Crippen molar-refractivity contribution in [2.24, 2.45) is 5.92 Å². The van der Waals surface area contributed by atoms with Crippen molar-refractivity contribution in [3.05, 3.63) is 35.0 Å². The number of carbonyl (C=O) groups is 2. The Balaban J connectivity index is 2.14. The summed E-state index contributed by atoms with van der Waals surface area (Å²) < 4.78 is 42.9. The molecule has 1 saturated heterocycles. The zero-order valence-electron chi connectivity index (χ0n) is 17.1. The van der Waals surface area contributed by atoms with Gasteiger partial charge in [0.25, 0.3) is 0 Å². The Morgan fingerprint density at radius 1 is 1.21 bits per heavy atom. The van der Waals surface area contributed by atoms with Crippen LogP contribution in [0.2, 0.25) is 0 Å². The molecule has 1 aliphatic heterocycles. The molecule has 1 atom stereocenters. The Labute approximate surface area is 168 Å². The Kier molecular flexibility index (Phi) is 6.64. The third-order valence-corrected chi connectivity index (χ3v) is 4.89. The van der Waals surface area contributed by atoms with E-state index in [1.807, 2.05) is 0 Å². The number of rotatable bonds is 3. The van der Waals surface area contributed by atoms with Gasteiger partial charge in [-0.15, -0.1) is 0 Å². The van der Waals surface area contributed by atoms with Crippen molar-refractivity contribution in [1.82, 2.24) is 9.55 Å². The second-order valence-corrected chi connectivity index (χ2v) is 8.18. The summed E-state index contributed by atoms with van der Waals surface area (Å²) in [5.41, 5.74) is -1.84. The van der Waals surface area contributed by atoms with Crippen LogP contribution in [0, 0.1) is 11.1 Å². The molecule has 2 rings (SSSR count). The van der Waals surface area contributed by atoms with E-state index in [2.05, 4.69) is 0 Å². The summed E-state index contributed by atoms with van der Waals surface area (Å²) in [6.07, 6.45) is -4.56. The SMILES string of the molecule is CC[N+]([O-])(C(=O)C1CCN(C(=O)OC(C)(C)C)CC1)c1cccc(C(F)(F)F)c1. The molecule has 9 heteroatoms. The van der Waals surface area contributed by atoms with Gasteiger partial charge in [-0.2, -0.15) is 13.2 Å². The van der Waals surface area contributed by atoms with Crippen LogP contribution in [0.1, 0.15) is 46.1 Å². The first kappa shape index (κ1) is 23.2. The topological polar surface area (TPSA) is 69.7 Å². The predicted molar refractivity (Wildman–Crippen MR) is 103 cm³/mol. The van der Waals surface area contributed by atoms with Gasteiger partial charge >= 0.3 is 18.2 Å². The van der Waals surface area contributed by atoms with E-state index in [9.17, 15) is 28.0 Å². The van der Waals surface area contributed by atoms with Gasteiger partial charge in [0.15, 0.2) is 0 Å². The van der Waals surface area contributed by atoms with Crippen molar-refractivity contribution in [3.63, 3.8) is 0 Å². The molecule has 1 aromatic rings. The van der Waals surface area contributed by atoms with Crippen molar-refractivity contribution < 1.29 is 27.5 Å². The first-order chi connectivity index (χ1) is 13.3. The summed E-state index contributed by atoms with van der Waals surface area (Å²) in [6, 6.07) is 3.99. The highest BCUT2D eigenvalue weighted by Gasteiger charge is 2.40. The Hall–Kier alpha value is -2.13. The van der Waals surface area contributed by atoms with Crippen LogP contribution >= 0.6 is 0 Å². The smallest absolute Gasteiger partial charge is 0.416 e. The first-order valence-corrected chi connectivity index (χ1v) is 9.57. The molecule has 2 amide bonds. The van der Waals surface area contributed by atoms with Crippen LogP contribution in [-0.2, 0) is 15.7 Å². The highest BCUT2D eigenvalue weighted by molar-refractivity contribution is 5.91. The van der Waals surface area contributed by atoms with Gasteiger partial charge in [-0.25, -0.2) is 9.59 Å². The number of hydroxylamine groups is 2. The lowest BCUT2D eigenvalue weighted by Crippen LogP contribution is -2.54. The van der Waals surface area contributed by atoms with Gasteiger partial charge in [0.1, 0.15) is 11.3 Å². The summed E-state index contributed by atoms with van der Waals surface area (Å²) in [5, 5.41) is 13.3. The number of alkyl halides is 3. The molecule has 0 aromatic heterocycles. The zero-order chi connectivity index (χ0) is 22.0. The van der Waals surface area contributed by atoms with Crippen LogP contribution in [0.15, 0.2) is 24.3 Å². The number of halogens is 3. The molecular formula is C20H27F3N2O4. The molecular weight excluding hydrogens is 389 g/mol. The Morgan fingerprint density at radius 2 is 1.79 bits per heavy atom. The summed E-state index contributed by atoms with van der Waals surface area (Å²) in [5.74, 6) is -1.32. The van der Waals surface area contributed by atoms with E-state index < -0.39 is 39.9 Å². The minimum Gasteiger partial charge on any atom is -0.620 e. The lowest BCUT2D eigenvalue weighted by Gasteiger charge is -2.42. The first-order valence-electron chi connectivity index (χ1n) is 9.57. The maximum Gasteiger partial charge on any atom is 0.416 e. The van der Waals surface area contributed by atoms with E-state index in [-0.39, 0.29) is 38.2 Å². The van der Waals surface area contributed by atoms with E-state index in [0.29, 0.717) is 0 Å². The van der Waals surface area contributed by atoms with E-state index in [4.69, 9.17) is 4.74 Å². The Bertz CT molecular complexity index is 753. The van der Waals surface area contributed by atoms with Gasteiger partial charge < -0.3 is 14.8 Å². The molecule has 162 valence electrons. The predicted octanol–water partition coefficient (Wildman–Crippen LogP) is 4.70. The highest BCUT2D eigenvalue weighted by Crippen LogP contribution is 2.35. The fraction of sp³-hybridized carbons (Fsp3) is 0.600.